The highest BCUT2D eigenvalue weighted by atomic mass is 35.5. The summed E-state index contributed by atoms with van der Waals surface area (Å²) in [5, 5.41) is 10.1. The highest BCUT2D eigenvalue weighted by Gasteiger charge is 2.17. The van der Waals surface area contributed by atoms with Crippen LogP contribution in [0.2, 0.25) is 10.0 Å². The van der Waals surface area contributed by atoms with E-state index in [0.29, 0.717) is 10.6 Å². The highest BCUT2D eigenvalue weighted by Crippen LogP contribution is 2.28. The van der Waals surface area contributed by atoms with Crippen molar-refractivity contribution in [2.75, 3.05) is 4.72 Å². The molecule has 0 saturated carbocycles. The van der Waals surface area contributed by atoms with Gasteiger partial charge in [-0.05, 0) is 42.8 Å². The predicted octanol–water partition coefficient (Wildman–Crippen LogP) is 3.85. The van der Waals surface area contributed by atoms with Gasteiger partial charge in [0.2, 0.25) is 0 Å². The van der Waals surface area contributed by atoms with Gasteiger partial charge in [0.25, 0.3) is 10.0 Å². The summed E-state index contributed by atoms with van der Waals surface area (Å²) in [5.74, 6) is 0. The third-order valence-electron chi connectivity index (χ3n) is 2.83. The first-order valence-electron chi connectivity index (χ1n) is 6.05. The summed E-state index contributed by atoms with van der Waals surface area (Å²) in [4.78, 5) is 0.0481. The van der Waals surface area contributed by atoms with Crippen molar-refractivity contribution in [3.8, 4) is 0 Å². The number of aliphatic hydroxyl groups is 1. The predicted molar refractivity (Wildman–Crippen MR) is 84.3 cm³/mol. The molecule has 4 nitrogen and oxygen atoms in total. The third kappa shape index (κ3) is 3.89. The van der Waals surface area contributed by atoms with Gasteiger partial charge in [0.05, 0.1) is 21.7 Å². The summed E-state index contributed by atoms with van der Waals surface area (Å²) in [6.07, 6.45) is -0.751. The van der Waals surface area contributed by atoms with E-state index in [-0.39, 0.29) is 15.6 Å². The number of hydrogen-bond donors (Lipinski definition) is 2. The van der Waals surface area contributed by atoms with E-state index < -0.39 is 16.1 Å². The molecular weight excluding hydrogens is 333 g/mol. The molecule has 2 rings (SSSR count). The van der Waals surface area contributed by atoms with E-state index in [4.69, 9.17) is 23.2 Å². The SMILES string of the molecule is CC(O)c1cccc(S(=O)(=O)Nc2ccc(Cl)cc2Cl)c1. The number of nitrogens with one attached hydrogen (secondary N) is 1. The minimum Gasteiger partial charge on any atom is -0.389 e. The molecule has 0 heterocycles. The average molecular weight is 346 g/mol. The maximum absolute atomic E-state index is 12.3. The van der Waals surface area contributed by atoms with Crippen LogP contribution >= 0.6 is 23.2 Å². The summed E-state index contributed by atoms with van der Waals surface area (Å²) >= 11 is 11.7. The molecule has 0 aliphatic carbocycles. The Labute approximate surface area is 133 Å². The Morgan fingerprint density at radius 2 is 1.86 bits per heavy atom. The van der Waals surface area contributed by atoms with E-state index in [1.165, 1.54) is 30.3 Å². The molecule has 2 N–H and O–H groups in total. The Bertz CT molecular complexity index is 761. The van der Waals surface area contributed by atoms with E-state index >= 15 is 0 Å². The number of hydrogen-bond acceptors (Lipinski definition) is 3. The molecular formula is C14H13Cl2NO3S. The second-order valence-electron chi connectivity index (χ2n) is 4.48. The van der Waals surface area contributed by atoms with Crippen molar-refractivity contribution in [1.29, 1.82) is 0 Å². The van der Waals surface area contributed by atoms with E-state index in [1.54, 1.807) is 19.1 Å². The van der Waals surface area contributed by atoms with Gasteiger partial charge in [-0.1, -0.05) is 35.3 Å². The molecule has 0 aromatic heterocycles. The van der Waals surface area contributed by atoms with Crippen LogP contribution in [0.5, 0.6) is 0 Å². The molecule has 2 aromatic rings. The largest absolute Gasteiger partial charge is 0.389 e. The van der Waals surface area contributed by atoms with Crippen molar-refractivity contribution in [3.05, 3.63) is 58.1 Å². The van der Waals surface area contributed by atoms with Crippen molar-refractivity contribution in [2.45, 2.75) is 17.9 Å². The molecule has 0 aliphatic rings. The van der Waals surface area contributed by atoms with Crippen molar-refractivity contribution in [2.24, 2.45) is 0 Å². The van der Waals surface area contributed by atoms with Gasteiger partial charge >= 0.3 is 0 Å². The Morgan fingerprint density at radius 1 is 1.14 bits per heavy atom. The molecule has 1 unspecified atom stereocenters. The van der Waals surface area contributed by atoms with Gasteiger partial charge in [-0.3, -0.25) is 4.72 Å². The number of sulfonamides is 1. The van der Waals surface area contributed by atoms with Gasteiger partial charge < -0.3 is 5.11 Å². The van der Waals surface area contributed by atoms with Crippen LogP contribution in [0.25, 0.3) is 0 Å². The zero-order valence-electron chi connectivity index (χ0n) is 11.0. The van der Waals surface area contributed by atoms with Gasteiger partial charge in [0, 0.05) is 5.02 Å². The number of halogens is 2. The van der Waals surface area contributed by atoms with Gasteiger partial charge in [0.1, 0.15) is 0 Å². The lowest BCUT2D eigenvalue weighted by Gasteiger charge is -2.11. The zero-order valence-corrected chi connectivity index (χ0v) is 13.4. The first-order chi connectivity index (χ1) is 9.79. The first kappa shape index (κ1) is 16.1. The van der Waals surface area contributed by atoms with Crippen molar-refractivity contribution in [3.63, 3.8) is 0 Å². The number of benzene rings is 2. The zero-order chi connectivity index (χ0) is 15.6. The van der Waals surface area contributed by atoms with Crippen LogP contribution in [0.3, 0.4) is 0 Å². The van der Waals surface area contributed by atoms with Crippen LogP contribution in [0.15, 0.2) is 47.4 Å². The fraction of sp³-hybridized carbons (Fsp3) is 0.143. The molecule has 21 heavy (non-hydrogen) atoms. The van der Waals surface area contributed by atoms with Crippen molar-refractivity contribution in [1.82, 2.24) is 0 Å². The molecule has 1 atom stereocenters. The molecule has 0 radical (unpaired) electrons. The number of aliphatic hydroxyl groups excluding tert-OH is 1. The molecule has 112 valence electrons. The van der Waals surface area contributed by atoms with E-state index in [2.05, 4.69) is 4.72 Å². The number of anilines is 1. The maximum Gasteiger partial charge on any atom is 0.261 e. The Balaban J connectivity index is 2.36. The fourth-order valence-electron chi connectivity index (χ4n) is 1.72. The Hall–Kier alpha value is -1.27. The minimum absolute atomic E-state index is 0.0481. The summed E-state index contributed by atoms with van der Waals surface area (Å²) < 4.78 is 27.1. The molecule has 0 saturated heterocycles. The quantitative estimate of drug-likeness (QED) is 0.884. The van der Waals surface area contributed by atoms with Gasteiger partial charge in [0.15, 0.2) is 0 Å². The van der Waals surface area contributed by atoms with Crippen LogP contribution in [-0.2, 0) is 10.0 Å². The van der Waals surface area contributed by atoms with Crippen molar-refractivity contribution >= 4 is 38.9 Å². The lowest BCUT2D eigenvalue weighted by molar-refractivity contribution is 0.199. The fourth-order valence-corrected chi connectivity index (χ4v) is 3.36. The molecule has 7 heteroatoms. The second-order valence-corrected chi connectivity index (χ2v) is 7.00. The monoisotopic (exact) mass is 345 g/mol. The minimum atomic E-state index is -3.79. The van der Waals surface area contributed by atoms with E-state index in [1.807, 2.05) is 0 Å². The molecule has 0 spiro atoms. The second kappa shape index (κ2) is 6.23. The van der Waals surface area contributed by atoms with E-state index in [0.717, 1.165) is 0 Å². The molecule has 0 bridgehead atoms. The van der Waals surface area contributed by atoms with E-state index in [9.17, 15) is 13.5 Å². The first-order valence-corrected chi connectivity index (χ1v) is 8.29. The van der Waals surface area contributed by atoms with Gasteiger partial charge in [-0.2, -0.15) is 0 Å². The van der Waals surface area contributed by atoms with Crippen LogP contribution in [0.1, 0.15) is 18.6 Å². The van der Waals surface area contributed by atoms with Crippen LogP contribution in [0.4, 0.5) is 5.69 Å². The molecule has 2 aromatic carbocycles. The Kier molecular flexibility index (Phi) is 4.78. The van der Waals surface area contributed by atoms with Crippen LogP contribution in [-0.4, -0.2) is 13.5 Å². The Morgan fingerprint density at radius 3 is 2.48 bits per heavy atom. The smallest absolute Gasteiger partial charge is 0.261 e. The molecule has 0 aliphatic heterocycles. The summed E-state index contributed by atoms with van der Waals surface area (Å²) in [6.45, 7) is 1.56. The normalized spacial score (nSPS) is 13.0. The number of rotatable bonds is 4. The van der Waals surface area contributed by atoms with Crippen LogP contribution < -0.4 is 4.72 Å². The van der Waals surface area contributed by atoms with Crippen LogP contribution in [0, 0.1) is 0 Å². The van der Waals surface area contributed by atoms with Gasteiger partial charge in [-0.25, -0.2) is 8.42 Å². The molecule has 0 amide bonds. The summed E-state index contributed by atoms with van der Waals surface area (Å²) in [5.41, 5.74) is 0.753. The standard InChI is InChI=1S/C14H13Cl2NO3S/c1-9(18)10-3-2-4-12(7-10)21(19,20)17-14-6-5-11(15)8-13(14)16/h2-9,17-18H,1H3. The topological polar surface area (TPSA) is 66.4 Å². The highest BCUT2D eigenvalue weighted by molar-refractivity contribution is 7.92. The third-order valence-corrected chi connectivity index (χ3v) is 4.74. The van der Waals surface area contributed by atoms with Gasteiger partial charge in [-0.15, -0.1) is 0 Å². The lowest BCUT2D eigenvalue weighted by Crippen LogP contribution is -2.13. The van der Waals surface area contributed by atoms with Crippen molar-refractivity contribution < 1.29 is 13.5 Å². The summed E-state index contributed by atoms with van der Waals surface area (Å²) in [6, 6.07) is 10.6. The summed E-state index contributed by atoms with van der Waals surface area (Å²) in [7, 11) is -3.79. The lowest BCUT2D eigenvalue weighted by atomic mass is 10.1. The molecule has 0 fully saturated rings. The average Bonchev–Trinajstić information content (AvgIpc) is 2.42. The maximum atomic E-state index is 12.3.